The number of thioether (sulfide) groups is 1. The molecule has 1 saturated carbocycles. The zero-order valence-electron chi connectivity index (χ0n) is 6.71. The third-order valence-electron chi connectivity index (χ3n) is 2.02. The Labute approximate surface area is 71.6 Å². The molecule has 11 heavy (non-hydrogen) atoms. The van der Waals surface area contributed by atoms with Crippen LogP contribution in [-0.4, -0.2) is 22.2 Å². The van der Waals surface area contributed by atoms with Crippen molar-refractivity contribution in [2.24, 2.45) is 5.92 Å². The molecule has 0 radical (unpaired) electrons. The Balaban J connectivity index is 2.35. The van der Waals surface area contributed by atoms with Gasteiger partial charge in [-0.2, -0.15) is 5.26 Å². The molecular weight excluding hydrogens is 158 g/mol. The van der Waals surface area contributed by atoms with Crippen molar-refractivity contribution in [1.82, 2.24) is 0 Å². The van der Waals surface area contributed by atoms with Crippen LogP contribution in [0.15, 0.2) is 0 Å². The summed E-state index contributed by atoms with van der Waals surface area (Å²) < 4.78 is -0.217. The topological polar surface area (TPSA) is 44.0 Å². The van der Waals surface area contributed by atoms with Gasteiger partial charge in [0, 0.05) is 12.5 Å². The van der Waals surface area contributed by atoms with Gasteiger partial charge in [-0.05, 0) is 18.6 Å². The molecule has 1 fully saturated rings. The van der Waals surface area contributed by atoms with Crippen LogP contribution in [0.2, 0.25) is 0 Å². The molecule has 1 aliphatic carbocycles. The van der Waals surface area contributed by atoms with Crippen molar-refractivity contribution in [2.75, 3.05) is 12.4 Å². The van der Waals surface area contributed by atoms with E-state index in [2.05, 4.69) is 13.0 Å². The van der Waals surface area contributed by atoms with E-state index in [1.54, 1.807) is 11.8 Å². The molecule has 1 N–H and O–H groups in total. The second-order valence-electron chi connectivity index (χ2n) is 2.93. The SMILES string of the molecule is CCCSC1(C#N)CC1CO. The Kier molecular flexibility index (Phi) is 2.80. The molecule has 0 aliphatic heterocycles. The predicted molar refractivity (Wildman–Crippen MR) is 46.3 cm³/mol. The van der Waals surface area contributed by atoms with E-state index in [4.69, 9.17) is 10.4 Å². The first-order valence-corrected chi connectivity index (χ1v) is 4.93. The zero-order valence-corrected chi connectivity index (χ0v) is 7.52. The van der Waals surface area contributed by atoms with E-state index >= 15 is 0 Å². The van der Waals surface area contributed by atoms with Crippen LogP contribution in [0.25, 0.3) is 0 Å². The van der Waals surface area contributed by atoms with Crippen LogP contribution < -0.4 is 0 Å². The van der Waals surface area contributed by atoms with Crippen molar-refractivity contribution in [3.8, 4) is 6.07 Å². The Hall–Kier alpha value is -0.200. The summed E-state index contributed by atoms with van der Waals surface area (Å²) in [5.74, 6) is 1.27. The van der Waals surface area contributed by atoms with Gasteiger partial charge in [-0.1, -0.05) is 6.92 Å². The lowest BCUT2D eigenvalue weighted by molar-refractivity contribution is 0.275. The highest BCUT2D eigenvalue weighted by Gasteiger charge is 2.54. The maximum absolute atomic E-state index is 8.81. The van der Waals surface area contributed by atoms with Crippen molar-refractivity contribution in [3.63, 3.8) is 0 Å². The number of nitrogens with zero attached hydrogens (tertiary/aromatic N) is 1. The highest BCUT2D eigenvalue weighted by molar-refractivity contribution is 8.01. The summed E-state index contributed by atoms with van der Waals surface area (Å²) in [6, 6.07) is 2.29. The zero-order chi connectivity index (χ0) is 8.32. The molecule has 0 bridgehead atoms. The minimum absolute atomic E-state index is 0.171. The maximum atomic E-state index is 8.81. The summed E-state index contributed by atoms with van der Waals surface area (Å²) in [5.41, 5.74) is 0. The summed E-state index contributed by atoms with van der Waals surface area (Å²) in [6.07, 6.45) is 1.98. The summed E-state index contributed by atoms with van der Waals surface area (Å²) in [6.45, 7) is 2.28. The van der Waals surface area contributed by atoms with Crippen molar-refractivity contribution < 1.29 is 5.11 Å². The summed E-state index contributed by atoms with van der Waals surface area (Å²) in [4.78, 5) is 0. The normalized spacial score (nSPS) is 34.8. The van der Waals surface area contributed by atoms with Gasteiger partial charge in [0.15, 0.2) is 0 Å². The molecule has 0 aromatic heterocycles. The second-order valence-corrected chi connectivity index (χ2v) is 4.36. The van der Waals surface area contributed by atoms with Gasteiger partial charge >= 0.3 is 0 Å². The second kappa shape index (κ2) is 3.46. The monoisotopic (exact) mass is 171 g/mol. The van der Waals surface area contributed by atoms with Crippen molar-refractivity contribution >= 4 is 11.8 Å². The molecule has 1 aliphatic rings. The maximum Gasteiger partial charge on any atom is 0.108 e. The van der Waals surface area contributed by atoms with Gasteiger partial charge in [-0.15, -0.1) is 11.8 Å². The summed E-state index contributed by atoms with van der Waals surface area (Å²) in [5, 5.41) is 17.6. The number of nitriles is 1. The molecule has 0 spiro atoms. The third-order valence-corrected chi connectivity index (χ3v) is 3.74. The van der Waals surface area contributed by atoms with Crippen LogP contribution in [-0.2, 0) is 0 Å². The minimum atomic E-state index is -0.217. The first-order valence-electron chi connectivity index (χ1n) is 3.95. The Bertz CT molecular complexity index is 177. The van der Waals surface area contributed by atoms with Crippen molar-refractivity contribution in [3.05, 3.63) is 0 Å². The van der Waals surface area contributed by atoms with E-state index < -0.39 is 0 Å². The lowest BCUT2D eigenvalue weighted by Gasteiger charge is -2.04. The fourth-order valence-electron chi connectivity index (χ4n) is 1.15. The van der Waals surface area contributed by atoms with Crippen molar-refractivity contribution in [2.45, 2.75) is 24.5 Å². The van der Waals surface area contributed by atoms with Crippen LogP contribution in [0.5, 0.6) is 0 Å². The van der Waals surface area contributed by atoms with Gasteiger partial charge in [-0.3, -0.25) is 0 Å². The Morgan fingerprint density at radius 1 is 1.82 bits per heavy atom. The molecule has 2 unspecified atom stereocenters. The number of aliphatic hydroxyl groups is 1. The lowest BCUT2D eigenvalue weighted by Crippen LogP contribution is -2.06. The predicted octanol–water partition coefficient (Wildman–Crippen LogP) is 1.40. The van der Waals surface area contributed by atoms with Crippen LogP contribution in [0.4, 0.5) is 0 Å². The molecule has 0 aromatic rings. The smallest absolute Gasteiger partial charge is 0.108 e. The third kappa shape index (κ3) is 1.69. The van der Waals surface area contributed by atoms with Gasteiger partial charge in [0.25, 0.3) is 0 Å². The van der Waals surface area contributed by atoms with Gasteiger partial charge < -0.3 is 5.11 Å². The number of hydrogen-bond donors (Lipinski definition) is 1. The van der Waals surface area contributed by atoms with Crippen LogP contribution in [0, 0.1) is 17.2 Å². The summed E-state index contributed by atoms with van der Waals surface area (Å²) in [7, 11) is 0. The van der Waals surface area contributed by atoms with E-state index in [-0.39, 0.29) is 17.3 Å². The Morgan fingerprint density at radius 2 is 2.55 bits per heavy atom. The molecule has 1 rings (SSSR count). The van der Waals surface area contributed by atoms with E-state index in [1.165, 1.54) is 0 Å². The molecule has 0 saturated heterocycles. The number of aliphatic hydroxyl groups excluding tert-OH is 1. The van der Waals surface area contributed by atoms with Crippen LogP contribution >= 0.6 is 11.8 Å². The molecule has 0 aromatic carbocycles. The van der Waals surface area contributed by atoms with Gasteiger partial charge in [0.05, 0.1) is 6.07 Å². The van der Waals surface area contributed by atoms with E-state index in [0.717, 1.165) is 18.6 Å². The molecule has 2 atom stereocenters. The first kappa shape index (κ1) is 8.89. The molecular formula is C8H13NOS. The van der Waals surface area contributed by atoms with Gasteiger partial charge in [-0.25, -0.2) is 0 Å². The average molecular weight is 171 g/mol. The molecule has 2 nitrogen and oxygen atoms in total. The summed E-state index contributed by atoms with van der Waals surface area (Å²) >= 11 is 1.70. The largest absolute Gasteiger partial charge is 0.396 e. The van der Waals surface area contributed by atoms with Crippen LogP contribution in [0.3, 0.4) is 0 Å². The van der Waals surface area contributed by atoms with Crippen molar-refractivity contribution in [1.29, 1.82) is 5.26 Å². The quantitative estimate of drug-likeness (QED) is 0.695. The lowest BCUT2D eigenvalue weighted by atomic mass is 10.3. The van der Waals surface area contributed by atoms with Crippen LogP contribution in [0.1, 0.15) is 19.8 Å². The highest BCUT2D eigenvalue weighted by atomic mass is 32.2. The first-order chi connectivity index (χ1) is 5.29. The highest BCUT2D eigenvalue weighted by Crippen LogP contribution is 2.53. The minimum Gasteiger partial charge on any atom is -0.396 e. The van der Waals surface area contributed by atoms with E-state index in [0.29, 0.717) is 0 Å². The number of rotatable bonds is 4. The Morgan fingerprint density at radius 3 is 2.91 bits per heavy atom. The van der Waals surface area contributed by atoms with E-state index in [9.17, 15) is 0 Å². The molecule has 62 valence electrons. The number of hydrogen-bond acceptors (Lipinski definition) is 3. The molecule has 3 heteroatoms. The van der Waals surface area contributed by atoms with E-state index in [1.807, 2.05) is 0 Å². The fraction of sp³-hybridized carbons (Fsp3) is 0.875. The van der Waals surface area contributed by atoms with Gasteiger partial charge in [0.2, 0.25) is 0 Å². The fourth-order valence-corrected chi connectivity index (χ4v) is 2.41. The average Bonchev–Trinajstić information content (AvgIpc) is 2.76. The van der Waals surface area contributed by atoms with Gasteiger partial charge in [0.1, 0.15) is 4.75 Å². The molecule has 0 heterocycles. The molecule has 0 amide bonds. The standard InChI is InChI=1S/C8H13NOS/c1-2-3-11-8(6-9)4-7(8)5-10/h7,10H,2-5H2,1H3.